The number of nitrogens with zero attached hydrogens (tertiary/aromatic N) is 2. The topological polar surface area (TPSA) is 69.6 Å². The van der Waals surface area contributed by atoms with Crippen molar-refractivity contribution in [3.05, 3.63) is 0 Å². The first-order valence-corrected chi connectivity index (χ1v) is 2.30. The molecule has 1 amide bonds. The van der Waals surface area contributed by atoms with Crippen LogP contribution in [0.3, 0.4) is 0 Å². The molecular formula is C4H6N3O. The summed E-state index contributed by atoms with van der Waals surface area (Å²) >= 11 is 0. The van der Waals surface area contributed by atoms with Crippen LogP contribution in [0.4, 0.5) is 0 Å². The van der Waals surface area contributed by atoms with Gasteiger partial charge in [0.15, 0.2) is 0 Å². The fourth-order valence-corrected chi connectivity index (χ4v) is 0.473. The van der Waals surface area contributed by atoms with Gasteiger partial charge in [0.2, 0.25) is 5.91 Å². The van der Waals surface area contributed by atoms with E-state index in [0.717, 1.165) is 0 Å². The molecule has 2 N–H and O–H groups in total. The zero-order chi connectivity index (χ0) is 5.98. The zero-order valence-electron chi connectivity index (χ0n) is 4.24. The average molecular weight is 112 g/mol. The number of carbonyl (C=O) groups excluding carboxylic acids is 1. The molecule has 0 saturated carbocycles. The maximum atomic E-state index is 10.3. The third-order valence-corrected chi connectivity index (χ3v) is 0.972. The minimum atomic E-state index is -0.352. The van der Waals surface area contributed by atoms with E-state index >= 15 is 0 Å². The maximum absolute atomic E-state index is 10.3. The quantitative estimate of drug-likeness (QED) is 0.449. The molecule has 1 aliphatic heterocycles. The Kier molecular flexibility index (Phi) is 1.15. The Labute approximate surface area is 46.7 Å². The zero-order valence-corrected chi connectivity index (χ0v) is 4.24. The van der Waals surface area contributed by atoms with Crippen LogP contribution >= 0.6 is 0 Å². The van der Waals surface area contributed by atoms with Crippen molar-refractivity contribution in [3.63, 3.8) is 0 Å². The molecule has 1 radical (unpaired) electrons. The van der Waals surface area contributed by atoms with E-state index in [1.54, 1.807) is 0 Å². The summed E-state index contributed by atoms with van der Waals surface area (Å²) in [6.07, 6.45) is 1.46. The summed E-state index contributed by atoms with van der Waals surface area (Å²) in [6.45, 7) is 0.426. The molecule has 43 valence electrons. The average Bonchev–Trinajstić information content (AvgIpc) is 2.12. The van der Waals surface area contributed by atoms with E-state index in [1.807, 2.05) is 0 Å². The molecule has 1 aliphatic rings. The maximum Gasteiger partial charge on any atom is 0.227 e. The fraction of sp³-hybridized carbons (Fsp3) is 0.500. The van der Waals surface area contributed by atoms with Crippen LogP contribution in [0, 0.1) is 5.92 Å². The molecule has 0 bridgehead atoms. The van der Waals surface area contributed by atoms with Gasteiger partial charge in [-0.25, -0.2) is 0 Å². The van der Waals surface area contributed by atoms with E-state index in [0.29, 0.717) is 6.54 Å². The lowest BCUT2D eigenvalue weighted by Crippen LogP contribution is -2.25. The summed E-state index contributed by atoms with van der Waals surface area (Å²) in [5, 5.41) is 3.49. The van der Waals surface area contributed by atoms with Gasteiger partial charge < -0.3 is 5.73 Å². The van der Waals surface area contributed by atoms with Crippen molar-refractivity contribution in [1.82, 2.24) is 5.43 Å². The third kappa shape index (κ3) is 0.776. The number of nitrogens with two attached hydrogens (primary N) is 1. The molecule has 0 aromatic carbocycles. The number of primary amides is 1. The van der Waals surface area contributed by atoms with Gasteiger partial charge in [-0.2, -0.15) is 10.5 Å². The van der Waals surface area contributed by atoms with Gasteiger partial charge in [-0.3, -0.25) is 4.79 Å². The van der Waals surface area contributed by atoms with E-state index < -0.39 is 0 Å². The van der Waals surface area contributed by atoms with Crippen molar-refractivity contribution >= 4 is 12.1 Å². The summed E-state index contributed by atoms with van der Waals surface area (Å²) in [5.41, 5.74) is 8.46. The number of rotatable bonds is 1. The molecule has 1 rings (SSSR count). The van der Waals surface area contributed by atoms with Crippen LogP contribution in [0.25, 0.3) is 0 Å². The number of hydrogen-bond donors (Lipinski definition) is 1. The molecule has 0 fully saturated rings. The number of amides is 1. The van der Waals surface area contributed by atoms with Crippen molar-refractivity contribution in [2.24, 2.45) is 16.8 Å². The molecule has 0 aliphatic carbocycles. The lowest BCUT2D eigenvalue weighted by molar-refractivity contribution is -0.119. The molecule has 0 saturated heterocycles. The van der Waals surface area contributed by atoms with Gasteiger partial charge in [-0.05, 0) is 0 Å². The smallest absolute Gasteiger partial charge is 0.227 e. The molecule has 0 spiro atoms. The molecule has 4 nitrogen and oxygen atoms in total. The van der Waals surface area contributed by atoms with Gasteiger partial charge in [0.1, 0.15) is 0 Å². The van der Waals surface area contributed by atoms with Crippen molar-refractivity contribution in [3.8, 4) is 0 Å². The van der Waals surface area contributed by atoms with Gasteiger partial charge in [-0.1, -0.05) is 0 Å². The normalized spacial score (nSPS) is 25.2. The Balaban J connectivity index is 2.48. The molecular weight excluding hydrogens is 106 g/mol. The summed E-state index contributed by atoms with van der Waals surface area (Å²) in [7, 11) is 0. The van der Waals surface area contributed by atoms with Crippen LogP contribution in [0.5, 0.6) is 0 Å². The van der Waals surface area contributed by atoms with Crippen LogP contribution in [0.2, 0.25) is 0 Å². The molecule has 0 aromatic heterocycles. The largest absolute Gasteiger partial charge is 0.369 e. The van der Waals surface area contributed by atoms with Crippen LogP contribution in [-0.2, 0) is 4.79 Å². The van der Waals surface area contributed by atoms with Crippen molar-refractivity contribution < 1.29 is 4.79 Å². The van der Waals surface area contributed by atoms with Gasteiger partial charge in [-0.15, -0.1) is 0 Å². The Morgan fingerprint density at radius 1 is 1.88 bits per heavy atom. The van der Waals surface area contributed by atoms with Gasteiger partial charge in [0, 0.05) is 6.21 Å². The highest BCUT2D eigenvalue weighted by molar-refractivity contribution is 5.93. The Morgan fingerprint density at radius 2 is 2.62 bits per heavy atom. The fourth-order valence-electron chi connectivity index (χ4n) is 0.473. The Morgan fingerprint density at radius 3 is 2.88 bits per heavy atom. The number of hydrogen-bond acceptors (Lipinski definition) is 2. The second-order valence-corrected chi connectivity index (χ2v) is 1.60. The first-order chi connectivity index (χ1) is 3.80. The monoisotopic (exact) mass is 112 g/mol. The second-order valence-electron chi connectivity index (χ2n) is 1.60. The first kappa shape index (κ1) is 5.08. The summed E-state index contributed by atoms with van der Waals surface area (Å²) < 4.78 is 0. The van der Waals surface area contributed by atoms with Gasteiger partial charge in [0.25, 0.3) is 0 Å². The summed E-state index contributed by atoms with van der Waals surface area (Å²) in [4.78, 5) is 10.3. The van der Waals surface area contributed by atoms with Crippen LogP contribution in [-0.4, -0.2) is 18.7 Å². The van der Waals surface area contributed by atoms with E-state index in [-0.39, 0.29) is 11.8 Å². The van der Waals surface area contributed by atoms with Gasteiger partial charge >= 0.3 is 0 Å². The highest BCUT2D eigenvalue weighted by Gasteiger charge is 2.16. The molecule has 1 heterocycles. The van der Waals surface area contributed by atoms with Crippen molar-refractivity contribution in [2.45, 2.75) is 0 Å². The highest BCUT2D eigenvalue weighted by atomic mass is 16.1. The van der Waals surface area contributed by atoms with Crippen molar-refractivity contribution in [2.75, 3.05) is 6.54 Å². The lowest BCUT2D eigenvalue weighted by Gasteiger charge is -1.93. The molecule has 0 aromatic rings. The SMILES string of the molecule is NC(=O)C1C=N[N]C1. The highest BCUT2D eigenvalue weighted by Crippen LogP contribution is 1.94. The molecule has 1 unspecified atom stereocenters. The summed E-state index contributed by atoms with van der Waals surface area (Å²) in [5.74, 6) is -0.606. The molecule has 1 atom stereocenters. The summed E-state index contributed by atoms with van der Waals surface area (Å²) in [6, 6.07) is 0. The van der Waals surface area contributed by atoms with Crippen molar-refractivity contribution in [1.29, 1.82) is 0 Å². The molecule has 8 heavy (non-hydrogen) atoms. The predicted molar refractivity (Wildman–Crippen MR) is 28.2 cm³/mol. The van der Waals surface area contributed by atoms with Crippen LogP contribution < -0.4 is 11.2 Å². The lowest BCUT2D eigenvalue weighted by atomic mass is 10.2. The Bertz CT molecular complexity index is 131. The van der Waals surface area contributed by atoms with E-state index in [4.69, 9.17) is 5.73 Å². The van der Waals surface area contributed by atoms with Crippen LogP contribution in [0.15, 0.2) is 5.10 Å². The predicted octanol–water partition coefficient (Wildman–Crippen LogP) is -1.31. The Hall–Kier alpha value is -1.06. The minimum Gasteiger partial charge on any atom is -0.369 e. The third-order valence-electron chi connectivity index (χ3n) is 0.972. The van der Waals surface area contributed by atoms with E-state index in [2.05, 4.69) is 10.5 Å². The second kappa shape index (κ2) is 1.81. The standard InChI is InChI=1S/C4H6N3O/c5-4(8)3-1-6-7-2-3/h1,3H,2H2,(H2,5,8). The molecule has 4 heteroatoms. The van der Waals surface area contributed by atoms with E-state index in [9.17, 15) is 4.79 Å². The van der Waals surface area contributed by atoms with Gasteiger partial charge in [0.05, 0.1) is 12.5 Å². The number of carbonyl (C=O) groups is 1. The van der Waals surface area contributed by atoms with Crippen LogP contribution in [0.1, 0.15) is 0 Å². The van der Waals surface area contributed by atoms with E-state index in [1.165, 1.54) is 6.21 Å². The first-order valence-electron chi connectivity index (χ1n) is 2.30. The minimum absolute atomic E-state index is 0.255.